The van der Waals surface area contributed by atoms with Gasteiger partial charge in [-0.3, -0.25) is 9.69 Å². The predicted molar refractivity (Wildman–Crippen MR) is 82.6 cm³/mol. The van der Waals surface area contributed by atoms with Gasteiger partial charge in [-0.25, -0.2) is 0 Å². The summed E-state index contributed by atoms with van der Waals surface area (Å²) in [6.45, 7) is 5.07. The van der Waals surface area contributed by atoms with Crippen molar-refractivity contribution in [3.8, 4) is 0 Å². The molecule has 0 spiro atoms. The van der Waals surface area contributed by atoms with E-state index < -0.39 is 0 Å². The Morgan fingerprint density at radius 1 is 1.29 bits per heavy atom. The van der Waals surface area contributed by atoms with Gasteiger partial charge in [-0.1, -0.05) is 11.6 Å². The summed E-state index contributed by atoms with van der Waals surface area (Å²) >= 11 is 6.00. The lowest BCUT2D eigenvalue weighted by atomic mass is 10.2. The van der Waals surface area contributed by atoms with Gasteiger partial charge in [0.25, 0.3) is 5.91 Å². The number of carbonyl (C=O) groups excluding carboxylic acids is 1. The topological polar surface area (TPSA) is 58.8 Å². The molecule has 1 amide bonds. The molecule has 1 atom stereocenters. The number of rotatable bonds is 2. The summed E-state index contributed by atoms with van der Waals surface area (Å²) < 4.78 is 5.38. The molecule has 0 saturated carbocycles. The average molecular weight is 310 g/mol. The normalized spacial score (nSPS) is 23.5. The number of hydrogen-bond donors (Lipinski definition) is 1. The van der Waals surface area contributed by atoms with Gasteiger partial charge in [0.2, 0.25) is 0 Å². The predicted octanol–water partition coefficient (Wildman–Crippen LogP) is 1.47. The van der Waals surface area contributed by atoms with Crippen molar-refractivity contribution in [2.24, 2.45) is 0 Å². The lowest BCUT2D eigenvalue weighted by molar-refractivity contribution is 0.0185. The van der Waals surface area contributed by atoms with E-state index in [1.165, 1.54) is 0 Å². The van der Waals surface area contributed by atoms with E-state index in [1.54, 1.807) is 18.2 Å². The second-order valence-corrected chi connectivity index (χ2v) is 5.99. The Kier molecular flexibility index (Phi) is 4.33. The smallest absolute Gasteiger partial charge is 0.253 e. The van der Waals surface area contributed by atoms with Crippen LogP contribution in [-0.4, -0.2) is 61.1 Å². The quantitative estimate of drug-likeness (QED) is 0.841. The molecule has 0 bridgehead atoms. The summed E-state index contributed by atoms with van der Waals surface area (Å²) in [5.74, 6) is 0.0349. The van der Waals surface area contributed by atoms with E-state index in [0.717, 1.165) is 45.8 Å². The highest BCUT2D eigenvalue weighted by molar-refractivity contribution is 6.33. The zero-order valence-electron chi connectivity index (χ0n) is 11.9. The van der Waals surface area contributed by atoms with Crippen LogP contribution in [0.15, 0.2) is 18.2 Å². The minimum absolute atomic E-state index is 0.0349. The number of anilines is 1. The first-order chi connectivity index (χ1) is 10.1. The summed E-state index contributed by atoms with van der Waals surface area (Å²) in [6, 6.07) is 5.53. The Balaban J connectivity index is 1.64. The molecule has 1 unspecified atom stereocenters. The van der Waals surface area contributed by atoms with E-state index in [9.17, 15) is 4.79 Å². The van der Waals surface area contributed by atoms with Gasteiger partial charge < -0.3 is 15.4 Å². The maximum atomic E-state index is 12.5. The molecule has 3 rings (SSSR count). The number of hydrogen-bond acceptors (Lipinski definition) is 4. The first kappa shape index (κ1) is 14.6. The van der Waals surface area contributed by atoms with Crippen molar-refractivity contribution in [1.82, 2.24) is 9.80 Å². The van der Waals surface area contributed by atoms with E-state index in [-0.39, 0.29) is 5.91 Å². The number of nitrogens with two attached hydrogens (primary N) is 1. The number of nitrogens with zero attached hydrogens (tertiary/aromatic N) is 2. The van der Waals surface area contributed by atoms with Gasteiger partial charge in [0.05, 0.1) is 23.9 Å². The van der Waals surface area contributed by atoms with Gasteiger partial charge in [0.15, 0.2) is 0 Å². The minimum Gasteiger partial charge on any atom is -0.398 e. The number of halogens is 1. The standard InChI is InChI=1S/C15H20ClN3O2/c16-13-9-11(1-2-14(13)17)15(20)19-4-3-12(10-19)18-5-7-21-8-6-18/h1-2,9,12H,3-8,10,17H2. The number of carbonyl (C=O) groups is 1. The van der Waals surface area contributed by atoms with E-state index in [4.69, 9.17) is 22.1 Å². The summed E-state index contributed by atoms with van der Waals surface area (Å²) in [5, 5.41) is 0.435. The summed E-state index contributed by atoms with van der Waals surface area (Å²) in [4.78, 5) is 16.9. The van der Waals surface area contributed by atoms with Crippen molar-refractivity contribution in [3.63, 3.8) is 0 Å². The zero-order valence-corrected chi connectivity index (χ0v) is 12.7. The lowest BCUT2D eigenvalue weighted by Gasteiger charge is -2.32. The fraction of sp³-hybridized carbons (Fsp3) is 0.533. The van der Waals surface area contributed by atoms with Crippen LogP contribution in [0.3, 0.4) is 0 Å². The minimum atomic E-state index is 0.0349. The molecule has 0 aromatic heterocycles. The lowest BCUT2D eigenvalue weighted by Crippen LogP contribution is -2.45. The fourth-order valence-electron chi connectivity index (χ4n) is 3.01. The SMILES string of the molecule is Nc1ccc(C(=O)N2CCC(N3CCOCC3)C2)cc1Cl. The van der Waals surface area contributed by atoms with Gasteiger partial charge in [-0.05, 0) is 24.6 Å². The van der Waals surface area contributed by atoms with Crippen LogP contribution in [0.2, 0.25) is 5.02 Å². The van der Waals surface area contributed by atoms with Crippen molar-refractivity contribution in [1.29, 1.82) is 0 Å². The molecule has 0 radical (unpaired) electrons. The number of likely N-dealkylation sites (tertiary alicyclic amines) is 1. The zero-order chi connectivity index (χ0) is 14.8. The van der Waals surface area contributed by atoms with Crippen LogP contribution >= 0.6 is 11.6 Å². The van der Waals surface area contributed by atoms with Crippen molar-refractivity contribution in [2.75, 3.05) is 45.1 Å². The molecule has 0 aliphatic carbocycles. The fourth-order valence-corrected chi connectivity index (χ4v) is 3.19. The van der Waals surface area contributed by atoms with Crippen molar-refractivity contribution < 1.29 is 9.53 Å². The summed E-state index contributed by atoms with van der Waals surface area (Å²) in [5.41, 5.74) is 6.80. The highest BCUT2D eigenvalue weighted by Crippen LogP contribution is 2.23. The van der Waals surface area contributed by atoms with Crippen LogP contribution in [0.5, 0.6) is 0 Å². The van der Waals surface area contributed by atoms with Crippen LogP contribution in [0.25, 0.3) is 0 Å². The van der Waals surface area contributed by atoms with Crippen LogP contribution in [-0.2, 0) is 4.74 Å². The van der Waals surface area contributed by atoms with Crippen LogP contribution in [0.4, 0.5) is 5.69 Å². The van der Waals surface area contributed by atoms with E-state index in [1.807, 2.05) is 4.90 Å². The monoisotopic (exact) mass is 309 g/mol. The second kappa shape index (κ2) is 6.22. The Hall–Kier alpha value is -1.30. The van der Waals surface area contributed by atoms with E-state index in [2.05, 4.69) is 4.90 Å². The Morgan fingerprint density at radius 2 is 2.05 bits per heavy atom. The largest absolute Gasteiger partial charge is 0.398 e. The first-order valence-corrected chi connectivity index (χ1v) is 7.69. The molecule has 114 valence electrons. The van der Waals surface area contributed by atoms with Crippen molar-refractivity contribution in [3.05, 3.63) is 28.8 Å². The molecule has 2 saturated heterocycles. The molecule has 6 heteroatoms. The van der Waals surface area contributed by atoms with Gasteiger partial charge in [-0.15, -0.1) is 0 Å². The molecule has 1 aromatic rings. The summed E-state index contributed by atoms with van der Waals surface area (Å²) in [7, 11) is 0. The number of benzene rings is 1. The highest BCUT2D eigenvalue weighted by Gasteiger charge is 2.31. The van der Waals surface area contributed by atoms with Crippen LogP contribution in [0, 0.1) is 0 Å². The molecule has 2 heterocycles. The average Bonchev–Trinajstić information content (AvgIpc) is 3.00. The van der Waals surface area contributed by atoms with Crippen LogP contribution < -0.4 is 5.73 Å². The second-order valence-electron chi connectivity index (χ2n) is 5.58. The van der Waals surface area contributed by atoms with Gasteiger partial charge >= 0.3 is 0 Å². The van der Waals surface area contributed by atoms with Gasteiger partial charge in [0.1, 0.15) is 0 Å². The molecular formula is C15H20ClN3O2. The third-order valence-corrected chi connectivity index (χ3v) is 4.59. The molecule has 1 aromatic carbocycles. The van der Waals surface area contributed by atoms with Gasteiger partial charge in [0, 0.05) is 37.8 Å². The van der Waals surface area contributed by atoms with E-state index in [0.29, 0.717) is 22.3 Å². The molecule has 2 N–H and O–H groups in total. The maximum Gasteiger partial charge on any atom is 0.253 e. The maximum absolute atomic E-state index is 12.5. The van der Waals surface area contributed by atoms with E-state index >= 15 is 0 Å². The van der Waals surface area contributed by atoms with Crippen LogP contribution in [0.1, 0.15) is 16.8 Å². The Bertz CT molecular complexity index is 532. The molecule has 2 aliphatic heterocycles. The molecular weight excluding hydrogens is 290 g/mol. The molecule has 2 fully saturated rings. The number of amides is 1. The summed E-state index contributed by atoms with van der Waals surface area (Å²) in [6.07, 6.45) is 1.02. The molecule has 21 heavy (non-hydrogen) atoms. The third kappa shape index (κ3) is 3.15. The number of morpholine rings is 1. The van der Waals surface area contributed by atoms with Crippen molar-refractivity contribution in [2.45, 2.75) is 12.5 Å². The third-order valence-electron chi connectivity index (χ3n) is 4.26. The van der Waals surface area contributed by atoms with Gasteiger partial charge in [-0.2, -0.15) is 0 Å². The molecule has 2 aliphatic rings. The first-order valence-electron chi connectivity index (χ1n) is 7.31. The number of ether oxygens (including phenoxy) is 1. The molecule has 5 nitrogen and oxygen atoms in total. The van der Waals surface area contributed by atoms with Crippen molar-refractivity contribution >= 4 is 23.2 Å². The Labute approximate surface area is 129 Å². The number of nitrogen functional groups attached to an aromatic ring is 1. The Morgan fingerprint density at radius 3 is 2.76 bits per heavy atom. The highest BCUT2D eigenvalue weighted by atomic mass is 35.5.